The van der Waals surface area contributed by atoms with Crippen LogP contribution in [0.2, 0.25) is 0 Å². The number of aliphatic hydroxyl groups excluding tert-OH is 1. The van der Waals surface area contributed by atoms with Gasteiger partial charge in [0.2, 0.25) is 15.9 Å². The summed E-state index contributed by atoms with van der Waals surface area (Å²) in [6, 6.07) is 12.1. The topological polar surface area (TPSA) is 125 Å². The molecule has 2 atom stereocenters. The van der Waals surface area contributed by atoms with E-state index in [9.17, 15) is 23.1 Å². The molecule has 0 radical (unpaired) electrons. The number of hydrogen-bond donors (Lipinski definition) is 3. The lowest BCUT2D eigenvalue weighted by molar-refractivity contribution is -0.117. The van der Waals surface area contributed by atoms with Gasteiger partial charge >= 0.3 is 0 Å². The molecule has 10 heteroatoms. The Morgan fingerprint density at radius 1 is 1.21 bits per heavy atom. The molecule has 3 N–H and O–H groups in total. The van der Waals surface area contributed by atoms with Crippen LogP contribution in [0.4, 0.5) is 0 Å². The molecule has 2 aromatic carbocycles. The van der Waals surface area contributed by atoms with Crippen molar-refractivity contribution in [2.75, 3.05) is 26.8 Å². The van der Waals surface area contributed by atoms with Gasteiger partial charge in [0, 0.05) is 24.7 Å². The number of aliphatic hydroxyl groups is 1. The van der Waals surface area contributed by atoms with Crippen molar-refractivity contribution >= 4 is 21.8 Å². The minimum Gasteiger partial charge on any atom is -0.496 e. The van der Waals surface area contributed by atoms with Gasteiger partial charge < -0.3 is 20.5 Å². The van der Waals surface area contributed by atoms with E-state index in [4.69, 9.17) is 4.74 Å². The highest BCUT2D eigenvalue weighted by Gasteiger charge is 2.40. The van der Waals surface area contributed by atoms with Gasteiger partial charge in [-0.3, -0.25) is 9.59 Å². The van der Waals surface area contributed by atoms with Gasteiger partial charge in [-0.1, -0.05) is 24.8 Å². The maximum atomic E-state index is 13.1. The van der Waals surface area contributed by atoms with Crippen molar-refractivity contribution in [3.05, 3.63) is 72.3 Å². The summed E-state index contributed by atoms with van der Waals surface area (Å²) in [5, 5.41) is 15.2. The van der Waals surface area contributed by atoms with E-state index in [2.05, 4.69) is 17.2 Å². The van der Waals surface area contributed by atoms with Gasteiger partial charge in [0.1, 0.15) is 5.75 Å². The highest BCUT2D eigenvalue weighted by atomic mass is 32.2. The van der Waals surface area contributed by atoms with E-state index in [1.165, 1.54) is 28.6 Å². The smallest absolute Gasteiger partial charge is 0.251 e. The second-order valence-corrected chi connectivity index (χ2v) is 9.79. The molecule has 0 bridgehead atoms. The zero-order valence-corrected chi connectivity index (χ0v) is 19.8. The number of rotatable bonds is 10. The van der Waals surface area contributed by atoms with Gasteiger partial charge in [0.25, 0.3) is 5.91 Å². The van der Waals surface area contributed by atoms with Gasteiger partial charge in [0.05, 0.1) is 24.7 Å². The summed E-state index contributed by atoms with van der Waals surface area (Å²) in [7, 11) is -2.34. The molecule has 3 rings (SSSR count). The second kappa shape index (κ2) is 11.3. The van der Waals surface area contributed by atoms with E-state index in [0.29, 0.717) is 24.9 Å². The van der Waals surface area contributed by atoms with Crippen LogP contribution >= 0.6 is 0 Å². The summed E-state index contributed by atoms with van der Waals surface area (Å²) in [6.45, 7) is 3.45. The quantitative estimate of drug-likeness (QED) is 0.431. The lowest BCUT2D eigenvalue weighted by atomic mass is 10.1. The van der Waals surface area contributed by atoms with Crippen molar-refractivity contribution in [1.82, 2.24) is 14.9 Å². The molecular weight excluding hydrogens is 458 g/mol. The molecule has 2 amide bonds. The summed E-state index contributed by atoms with van der Waals surface area (Å²) in [6.07, 6.45) is 2.00. The molecule has 0 aliphatic carbocycles. The molecule has 1 fully saturated rings. The van der Waals surface area contributed by atoms with Crippen molar-refractivity contribution in [2.45, 2.75) is 29.8 Å². The maximum Gasteiger partial charge on any atom is 0.251 e. The largest absolute Gasteiger partial charge is 0.496 e. The number of amides is 2. The Balaban J connectivity index is 1.63. The first-order valence-electron chi connectivity index (χ1n) is 10.9. The molecule has 2 aromatic rings. The monoisotopic (exact) mass is 487 g/mol. The molecule has 9 nitrogen and oxygen atoms in total. The zero-order chi connectivity index (χ0) is 24.7. The number of benzene rings is 2. The van der Waals surface area contributed by atoms with Crippen LogP contribution in [-0.2, 0) is 21.2 Å². The first kappa shape index (κ1) is 25.4. The average molecular weight is 488 g/mol. The standard InChI is InChI=1S/C24H29N3O6S/c1-3-23(29)26-19-14-20(16-28)27(15-19)34(31,32)21-10-8-18(9-11-21)24(30)25-13-12-17-6-4-5-7-22(17)33-2/h3-11,19-20,28H,1,12-16H2,2H3,(H,25,30)(H,26,29). The van der Waals surface area contributed by atoms with Crippen LogP contribution in [0.25, 0.3) is 0 Å². The average Bonchev–Trinajstić information content (AvgIpc) is 3.27. The van der Waals surface area contributed by atoms with Gasteiger partial charge in [-0.25, -0.2) is 8.42 Å². The van der Waals surface area contributed by atoms with E-state index in [1.54, 1.807) is 7.11 Å². The predicted octanol–water partition coefficient (Wildman–Crippen LogP) is 1.09. The van der Waals surface area contributed by atoms with Crippen molar-refractivity contribution in [2.24, 2.45) is 0 Å². The highest BCUT2D eigenvalue weighted by Crippen LogP contribution is 2.26. The Bertz CT molecular complexity index is 1130. The minimum atomic E-state index is -3.93. The van der Waals surface area contributed by atoms with Crippen LogP contribution in [0, 0.1) is 0 Å². The number of nitrogens with zero attached hydrogens (tertiary/aromatic N) is 1. The molecule has 0 spiro atoms. The lowest BCUT2D eigenvalue weighted by Gasteiger charge is -2.22. The maximum absolute atomic E-state index is 13.1. The summed E-state index contributed by atoms with van der Waals surface area (Å²) in [5.74, 6) is 0.0307. The summed E-state index contributed by atoms with van der Waals surface area (Å²) in [5.41, 5.74) is 1.30. The third-order valence-corrected chi connectivity index (χ3v) is 7.63. The first-order valence-corrected chi connectivity index (χ1v) is 12.3. The number of sulfonamides is 1. The molecular formula is C24H29N3O6S. The van der Waals surface area contributed by atoms with Gasteiger partial charge in [-0.15, -0.1) is 0 Å². The molecule has 1 heterocycles. The van der Waals surface area contributed by atoms with Gasteiger partial charge in [0.15, 0.2) is 0 Å². The van der Waals surface area contributed by atoms with E-state index >= 15 is 0 Å². The number of carbonyl (C=O) groups is 2. The van der Waals surface area contributed by atoms with E-state index in [-0.39, 0.29) is 24.0 Å². The van der Waals surface area contributed by atoms with Crippen LogP contribution in [0.5, 0.6) is 5.75 Å². The summed E-state index contributed by atoms with van der Waals surface area (Å²) >= 11 is 0. The Kier molecular flexibility index (Phi) is 8.43. The third-order valence-electron chi connectivity index (χ3n) is 5.70. The zero-order valence-electron chi connectivity index (χ0n) is 18.9. The van der Waals surface area contributed by atoms with Crippen molar-refractivity contribution in [3.8, 4) is 5.75 Å². The van der Waals surface area contributed by atoms with Crippen LogP contribution in [-0.4, -0.2) is 68.5 Å². The predicted molar refractivity (Wildman–Crippen MR) is 127 cm³/mol. The molecule has 1 aliphatic rings. The number of ether oxygens (including phenoxy) is 1. The second-order valence-electron chi connectivity index (χ2n) is 7.90. The van der Waals surface area contributed by atoms with Crippen LogP contribution in [0.3, 0.4) is 0 Å². The fraction of sp³-hybridized carbons (Fsp3) is 0.333. The third kappa shape index (κ3) is 5.82. The van der Waals surface area contributed by atoms with Crippen LogP contribution in [0.1, 0.15) is 22.3 Å². The Labute approximate surface area is 199 Å². The molecule has 0 saturated carbocycles. The van der Waals surface area contributed by atoms with Crippen LogP contribution < -0.4 is 15.4 Å². The Hall–Kier alpha value is -3.21. The molecule has 0 aromatic heterocycles. The van der Waals surface area contributed by atoms with E-state index in [1.807, 2.05) is 24.3 Å². The number of hydrogen-bond acceptors (Lipinski definition) is 6. The lowest BCUT2D eigenvalue weighted by Crippen LogP contribution is -2.39. The summed E-state index contributed by atoms with van der Waals surface area (Å²) < 4.78 is 32.8. The van der Waals surface area contributed by atoms with Crippen LogP contribution in [0.15, 0.2) is 66.1 Å². The Morgan fingerprint density at radius 3 is 2.56 bits per heavy atom. The normalized spacial score (nSPS) is 18.3. The fourth-order valence-electron chi connectivity index (χ4n) is 3.95. The molecule has 1 saturated heterocycles. The molecule has 1 aliphatic heterocycles. The number of carbonyl (C=O) groups excluding carboxylic acids is 2. The van der Waals surface area contributed by atoms with E-state index < -0.39 is 28.0 Å². The molecule has 182 valence electrons. The van der Waals surface area contributed by atoms with Crippen molar-refractivity contribution in [1.29, 1.82) is 0 Å². The molecule has 34 heavy (non-hydrogen) atoms. The SMILES string of the molecule is C=CC(=O)NC1CC(CO)N(S(=O)(=O)c2ccc(C(=O)NCCc3ccccc3OC)cc2)C1. The number of para-hydroxylation sites is 1. The van der Waals surface area contributed by atoms with E-state index in [0.717, 1.165) is 17.4 Å². The number of methoxy groups -OCH3 is 1. The van der Waals surface area contributed by atoms with Crippen molar-refractivity contribution in [3.63, 3.8) is 0 Å². The fourth-order valence-corrected chi connectivity index (χ4v) is 5.62. The number of nitrogens with one attached hydrogen (secondary N) is 2. The van der Waals surface area contributed by atoms with Crippen molar-refractivity contribution < 1.29 is 27.9 Å². The minimum absolute atomic E-state index is 0.00668. The highest BCUT2D eigenvalue weighted by molar-refractivity contribution is 7.89. The Morgan fingerprint density at radius 2 is 1.91 bits per heavy atom. The summed E-state index contributed by atoms with van der Waals surface area (Å²) in [4.78, 5) is 24.1. The van der Waals surface area contributed by atoms with Gasteiger partial charge in [-0.05, 0) is 54.8 Å². The van der Waals surface area contributed by atoms with Gasteiger partial charge in [-0.2, -0.15) is 4.31 Å². The molecule has 2 unspecified atom stereocenters. The first-order chi connectivity index (χ1) is 16.3.